The Hall–Kier alpha value is -3.06. The summed E-state index contributed by atoms with van der Waals surface area (Å²) in [6, 6.07) is 11.9. The van der Waals surface area contributed by atoms with Crippen LogP contribution in [0.25, 0.3) is 10.9 Å². The van der Waals surface area contributed by atoms with E-state index in [9.17, 15) is 10.1 Å². The third-order valence-corrected chi connectivity index (χ3v) is 4.09. The van der Waals surface area contributed by atoms with Gasteiger partial charge in [0, 0.05) is 37.3 Å². The summed E-state index contributed by atoms with van der Waals surface area (Å²) >= 11 is 0. The SMILES string of the molecule is Cc1nc(C(N)c2ccc(N(C)C)cc2)c2cc([N+](=O)[O-])ccc2n1. The molecule has 0 fully saturated rings. The van der Waals surface area contributed by atoms with E-state index in [2.05, 4.69) is 9.97 Å². The van der Waals surface area contributed by atoms with Crippen LogP contribution >= 0.6 is 0 Å². The number of anilines is 1. The van der Waals surface area contributed by atoms with Crippen molar-refractivity contribution in [2.45, 2.75) is 13.0 Å². The summed E-state index contributed by atoms with van der Waals surface area (Å²) in [5, 5.41) is 11.7. The molecular formula is C18H19N5O2. The molecule has 0 amide bonds. The van der Waals surface area contributed by atoms with Gasteiger partial charge in [0.15, 0.2) is 0 Å². The van der Waals surface area contributed by atoms with Crippen molar-refractivity contribution in [2.75, 3.05) is 19.0 Å². The van der Waals surface area contributed by atoms with Gasteiger partial charge in [-0.1, -0.05) is 12.1 Å². The normalized spacial score (nSPS) is 12.2. The molecule has 0 spiro atoms. The lowest BCUT2D eigenvalue weighted by atomic mass is 10.00. The predicted molar refractivity (Wildman–Crippen MR) is 97.7 cm³/mol. The number of hydrogen-bond acceptors (Lipinski definition) is 6. The predicted octanol–water partition coefficient (Wildman–Crippen LogP) is 2.96. The van der Waals surface area contributed by atoms with Crippen LogP contribution in [-0.2, 0) is 0 Å². The van der Waals surface area contributed by atoms with Crippen LogP contribution in [0, 0.1) is 17.0 Å². The van der Waals surface area contributed by atoms with Crippen LogP contribution < -0.4 is 10.6 Å². The molecule has 1 unspecified atom stereocenters. The number of non-ortho nitro benzene ring substituents is 1. The van der Waals surface area contributed by atoms with Gasteiger partial charge < -0.3 is 10.6 Å². The van der Waals surface area contributed by atoms with Gasteiger partial charge in [-0.3, -0.25) is 10.1 Å². The van der Waals surface area contributed by atoms with Crippen molar-refractivity contribution in [3.63, 3.8) is 0 Å². The third kappa shape index (κ3) is 3.27. The summed E-state index contributed by atoms with van der Waals surface area (Å²) in [6.07, 6.45) is 0. The molecule has 25 heavy (non-hydrogen) atoms. The molecule has 0 saturated carbocycles. The van der Waals surface area contributed by atoms with Crippen molar-refractivity contribution in [3.05, 3.63) is 69.7 Å². The molecule has 3 rings (SSSR count). The van der Waals surface area contributed by atoms with Crippen LogP contribution in [0.3, 0.4) is 0 Å². The fourth-order valence-corrected chi connectivity index (χ4v) is 2.75. The smallest absolute Gasteiger partial charge is 0.270 e. The average Bonchev–Trinajstić information content (AvgIpc) is 2.60. The van der Waals surface area contributed by atoms with Crippen molar-refractivity contribution in [3.8, 4) is 0 Å². The molecule has 0 radical (unpaired) electrons. The number of aryl methyl sites for hydroxylation is 1. The van der Waals surface area contributed by atoms with Gasteiger partial charge in [0.25, 0.3) is 5.69 Å². The first-order valence-corrected chi connectivity index (χ1v) is 7.82. The first-order valence-electron chi connectivity index (χ1n) is 7.82. The zero-order valence-electron chi connectivity index (χ0n) is 14.3. The van der Waals surface area contributed by atoms with Crippen LogP contribution in [-0.4, -0.2) is 29.0 Å². The van der Waals surface area contributed by atoms with E-state index in [1.165, 1.54) is 12.1 Å². The number of nitrogens with zero attached hydrogens (tertiary/aromatic N) is 4. The van der Waals surface area contributed by atoms with Gasteiger partial charge >= 0.3 is 0 Å². The second-order valence-corrected chi connectivity index (χ2v) is 6.08. The van der Waals surface area contributed by atoms with Crippen molar-refractivity contribution < 1.29 is 4.92 Å². The van der Waals surface area contributed by atoms with E-state index >= 15 is 0 Å². The van der Waals surface area contributed by atoms with Crippen LogP contribution in [0.5, 0.6) is 0 Å². The molecule has 128 valence electrons. The third-order valence-electron chi connectivity index (χ3n) is 4.09. The van der Waals surface area contributed by atoms with Crippen molar-refractivity contribution in [2.24, 2.45) is 5.73 Å². The molecule has 3 aromatic rings. The van der Waals surface area contributed by atoms with Gasteiger partial charge in [-0.15, -0.1) is 0 Å². The van der Waals surface area contributed by atoms with E-state index in [0.717, 1.165) is 11.3 Å². The fraction of sp³-hybridized carbons (Fsp3) is 0.222. The Morgan fingerprint density at radius 2 is 1.80 bits per heavy atom. The highest BCUT2D eigenvalue weighted by atomic mass is 16.6. The topological polar surface area (TPSA) is 98.2 Å². The molecule has 1 aromatic heterocycles. The first-order chi connectivity index (χ1) is 11.9. The number of fused-ring (bicyclic) bond motifs is 1. The molecular weight excluding hydrogens is 318 g/mol. The quantitative estimate of drug-likeness (QED) is 0.580. The summed E-state index contributed by atoms with van der Waals surface area (Å²) in [4.78, 5) is 21.5. The molecule has 0 aliphatic rings. The van der Waals surface area contributed by atoms with Crippen molar-refractivity contribution >= 4 is 22.3 Å². The molecule has 0 saturated heterocycles. The lowest BCUT2D eigenvalue weighted by molar-refractivity contribution is -0.384. The summed E-state index contributed by atoms with van der Waals surface area (Å²) < 4.78 is 0. The Morgan fingerprint density at radius 1 is 1.12 bits per heavy atom. The van der Waals surface area contributed by atoms with Crippen molar-refractivity contribution in [1.29, 1.82) is 0 Å². The van der Waals surface area contributed by atoms with Gasteiger partial charge in [-0.2, -0.15) is 0 Å². The maximum Gasteiger partial charge on any atom is 0.270 e. The molecule has 0 aliphatic heterocycles. The molecule has 0 bridgehead atoms. The average molecular weight is 337 g/mol. The molecule has 2 aromatic carbocycles. The second-order valence-electron chi connectivity index (χ2n) is 6.08. The lowest BCUT2D eigenvalue weighted by Gasteiger charge is -2.17. The van der Waals surface area contributed by atoms with E-state index in [-0.39, 0.29) is 5.69 Å². The highest BCUT2D eigenvalue weighted by Gasteiger charge is 2.18. The Bertz CT molecular complexity index is 938. The maximum atomic E-state index is 11.1. The highest BCUT2D eigenvalue weighted by Crippen LogP contribution is 2.28. The molecule has 0 aliphatic carbocycles. The molecule has 1 heterocycles. The Morgan fingerprint density at radius 3 is 2.40 bits per heavy atom. The number of aromatic nitrogens is 2. The van der Waals surface area contributed by atoms with E-state index < -0.39 is 11.0 Å². The minimum Gasteiger partial charge on any atom is -0.378 e. The number of benzene rings is 2. The van der Waals surface area contributed by atoms with Crippen molar-refractivity contribution in [1.82, 2.24) is 9.97 Å². The number of nitro groups is 1. The zero-order valence-corrected chi connectivity index (χ0v) is 14.3. The lowest BCUT2D eigenvalue weighted by Crippen LogP contribution is -2.16. The summed E-state index contributed by atoms with van der Waals surface area (Å²) in [5.41, 5.74) is 9.61. The minimum absolute atomic E-state index is 0.00337. The number of nitrogens with two attached hydrogens (primary N) is 1. The number of rotatable bonds is 4. The number of hydrogen-bond donors (Lipinski definition) is 1. The van der Waals surface area contributed by atoms with Crippen LogP contribution in [0.15, 0.2) is 42.5 Å². The standard InChI is InChI=1S/C18H19N5O2/c1-11-20-16-9-8-14(23(24)25)10-15(16)18(21-11)17(19)12-4-6-13(7-5-12)22(2)3/h4-10,17H,19H2,1-3H3. The Labute approximate surface area is 145 Å². The van der Waals surface area contributed by atoms with E-state index in [1.807, 2.05) is 43.3 Å². The van der Waals surface area contributed by atoms with Gasteiger partial charge in [-0.25, -0.2) is 9.97 Å². The zero-order chi connectivity index (χ0) is 18.1. The molecule has 7 heteroatoms. The molecule has 7 nitrogen and oxygen atoms in total. The van der Waals surface area contributed by atoms with Crippen LogP contribution in [0.2, 0.25) is 0 Å². The van der Waals surface area contributed by atoms with E-state index in [1.54, 1.807) is 13.0 Å². The maximum absolute atomic E-state index is 11.1. The van der Waals surface area contributed by atoms with Gasteiger partial charge in [-0.05, 0) is 30.7 Å². The van der Waals surface area contributed by atoms with Gasteiger partial charge in [0.05, 0.1) is 22.2 Å². The van der Waals surface area contributed by atoms with E-state index in [4.69, 9.17) is 5.73 Å². The van der Waals surface area contributed by atoms with E-state index in [0.29, 0.717) is 22.4 Å². The number of nitro benzene ring substituents is 1. The highest BCUT2D eigenvalue weighted by molar-refractivity contribution is 5.84. The Balaban J connectivity index is 2.12. The monoisotopic (exact) mass is 337 g/mol. The molecule has 2 N–H and O–H groups in total. The first kappa shape index (κ1) is 16.8. The largest absolute Gasteiger partial charge is 0.378 e. The fourth-order valence-electron chi connectivity index (χ4n) is 2.75. The summed E-state index contributed by atoms with van der Waals surface area (Å²) in [7, 11) is 3.94. The summed E-state index contributed by atoms with van der Waals surface area (Å²) in [5.74, 6) is 0.580. The van der Waals surface area contributed by atoms with Gasteiger partial charge in [0.1, 0.15) is 5.82 Å². The minimum atomic E-state index is -0.498. The van der Waals surface area contributed by atoms with Gasteiger partial charge in [0.2, 0.25) is 0 Å². The van der Waals surface area contributed by atoms with Crippen LogP contribution in [0.4, 0.5) is 11.4 Å². The second kappa shape index (κ2) is 6.45. The Kier molecular flexibility index (Phi) is 4.33. The van der Waals surface area contributed by atoms with Crippen LogP contribution in [0.1, 0.15) is 23.1 Å². The summed E-state index contributed by atoms with van der Waals surface area (Å²) in [6.45, 7) is 1.78. The molecule has 1 atom stereocenters.